The molecule has 0 aliphatic carbocycles. The van der Waals surface area contributed by atoms with Gasteiger partial charge < -0.3 is 18.6 Å². The number of thiophene rings is 1. The molecule has 0 unspecified atom stereocenters. The van der Waals surface area contributed by atoms with E-state index in [9.17, 15) is 4.79 Å². The molecule has 0 fully saturated rings. The molecule has 1 aliphatic rings. The van der Waals surface area contributed by atoms with E-state index in [4.69, 9.17) is 18.6 Å². The Morgan fingerprint density at radius 2 is 1.78 bits per heavy atom. The third-order valence-electron chi connectivity index (χ3n) is 4.48. The first-order valence-electron chi connectivity index (χ1n) is 8.33. The van der Waals surface area contributed by atoms with Crippen LogP contribution >= 0.6 is 11.3 Å². The van der Waals surface area contributed by atoms with E-state index in [1.54, 1.807) is 24.5 Å². The van der Waals surface area contributed by atoms with Crippen molar-refractivity contribution in [1.82, 2.24) is 0 Å². The Hall–Kier alpha value is -3.25. The molecule has 2 aromatic carbocycles. The van der Waals surface area contributed by atoms with Gasteiger partial charge in [0.2, 0.25) is 6.79 Å². The van der Waals surface area contributed by atoms with Crippen molar-refractivity contribution >= 4 is 22.3 Å². The summed E-state index contributed by atoms with van der Waals surface area (Å²) in [6, 6.07) is 17.0. The van der Waals surface area contributed by atoms with Crippen LogP contribution in [0.15, 0.2) is 63.8 Å². The Balaban J connectivity index is 1.61. The van der Waals surface area contributed by atoms with Gasteiger partial charge in [0.25, 0.3) is 0 Å². The van der Waals surface area contributed by atoms with Crippen molar-refractivity contribution in [3.05, 3.63) is 65.0 Å². The molecule has 0 amide bonds. The molecule has 0 atom stereocenters. The van der Waals surface area contributed by atoms with E-state index in [0.717, 1.165) is 37.8 Å². The lowest BCUT2D eigenvalue weighted by Gasteiger charge is -2.05. The van der Waals surface area contributed by atoms with Crippen LogP contribution in [0.5, 0.6) is 17.2 Å². The molecule has 3 heterocycles. The fourth-order valence-corrected chi connectivity index (χ4v) is 4.19. The fourth-order valence-electron chi connectivity index (χ4n) is 3.16. The smallest absolute Gasteiger partial charge is 0.336 e. The molecule has 6 heteroatoms. The molecule has 5 rings (SSSR count). The Kier molecular flexibility index (Phi) is 3.65. The zero-order valence-corrected chi connectivity index (χ0v) is 15.2. The Morgan fingerprint density at radius 3 is 2.67 bits per heavy atom. The van der Waals surface area contributed by atoms with E-state index in [2.05, 4.69) is 0 Å². The first kappa shape index (κ1) is 16.0. The Morgan fingerprint density at radius 1 is 0.926 bits per heavy atom. The molecule has 0 radical (unpaired) electrons. The molecule has 4 aromatic rings. The van der Waals surface area contributed by atoms with Gasteiger partial charge in [-0.15, -0.1) is 11.3 Å². The van der Waals surface area contributed by atoms with Crippen LogP contribution in [0.4, 0.5) is 0 Å². The van der Waals surface area contributed by atoms with Crippen LogP contribution in [-0.2, 0) is 0 Å². The summed E-state index contributed by atoms with van der Waals surface area (Å²) >= 11 is 1.61. The Bertz CT molecular complexity index is 1220. The standard InChI is InChI=1S/C21H14O5S/c1-23-13-3-4-14-15(10-21(22)26-17(14)9-13)20-7-6-19(27-20)12-2-5-16-18(8-12)25-11-24-16/h2-10H,11H2,1H3. The van der Waals surface area contributed by atoms with Gasteiger partial charge in [0.15, 0.2) is 11.5 Å². The first-order chi connectivity index (χ1) is 13.2. The highest BCUT2D eigenvalue weighted by atomic mass is 32.1. The van der Waals surface area contributed by atoms with E-state index < -0.39 is 0 Å². The maximum absolute atomic E-state index is 12.0. The molecule has 0 bridgehead atoms. The average Bonchev–Trinajstić information content (AvgIpc) is 3.35. The van der Waals surface area contributed by atoms with Crippen LogP contribution in [-0.4, -0.2) is 13.9 Å². The summed E-state index contributed by atoms with van der Waals surface area (Å²) in [4.78, 5) is 14.1. The van der Waals surface area contributed by atoms with Crippen molar-refractivity contribution in [2.45, 2.75) is 0 Å². The summed E-state index contributed by atoms with van der Waals surface area (Å²) in [5.74, 6) is 2.16. The summed E-state index contributed by atoms with van der Waals surface area (Å²) in [6.07, 6.45) is 0. The number of methoxy groups -OCH3 is 1. The topological polar surface area (TPSA) is 57.9 Å². The van der Waals surface area contributed by atoms with Crippen molar-refractivity contribution in [3.63, 3.8) is 0 Å². The van der Waals surface area contributed by atoms with E-state index in [-0.39, 0.29) is 12.4 Å². The first-order valence-corrected chi connectivity index (χ1v) is 9.15. The largest absolute Gasteiger partial charge is 0.497 e. The van der Waals surface area contributed by atoms with E-state index in [1.165, 1.54) is 6.07 Å². The van der Waals surface area contributed by atoms with Crippen LogP contribution in [0, 0.1) is 0 Å². The van der Waals surface area contributed by atoms with Crippen molar-refractivity contribution in [3.8, 4) is 38.1 Å². The number of rotatable bonds is 3. The Labute approximate surface area is 158 Å². The van der Waals surface area contributed by atoms with Crippen molar-refractivity contribution in [2.75, 3.05) is 13.9 Å². The quantitative estimate of drug-likeness (QED) is 0.473. The molecular formula is C21H14O5S. The summed E-state index contributed by atoms with van der Waals surface area (Å²) in [6.45, 7) is 0.254. The molecule has 5 nitrogen and oxygen atoms in total. The van der Waals surface area contributed by atoms with Gasteiger partial charge in [0.05, 0.1) is 7.11 Å². The second kappa shape index (κ2) is 6.17. The lowest BCUT2D eigenvalue weighted by molar-refractivity contribution is 0.174. The minimum absolute atomic E-state index is 0.254. The normalized spacial score (nSPS) is 12.5. The van der Waals surface area contributed by atoms with E-state index >= 15 is 0 Å². The second-order valence-corrected chi connectivity index (χ2v) is 7.16. The third kappa shape index (κ3) is 2.74. The highest BCUT2D eigenvalue weighted by Crippen LogP contribution is 2.41. The van der Waals surface area contributed by atoms with E-state index in [1.807, 2.05) is 42.5 Å². The van der Waals surface area contributed by atoms with Gasteiger partial charge in [0, 0.05) is 32.8 Å². The fraction of sp³-hybridized carbons (Fsp3) is 0.0952. The van der Waals surface area contributed by atoms with Gasteiger partial charge in [-0.2, -0.15) is 0 Å². The molecular weight excluding hydrogens is 364 g/mol. The van der Waals surface area contributed by atoms with Crippen LogP contribution in [0.3, 0.4) is 0 Å². The highest BCUT2D eigenvalue weighted by Gasteiger charge is 2.16. The molecule has 27 heavy (non-hydrogen) atoms. The molecule has 134 valence electrons. The monoisotopic (exact) mass is 378 g/mol. The molecule has 1 aliphatic heterocycles. The van der Waals surface area contributed by atoms with Crippen LogP contribution < -0.4 is 19.8 Å². The van der Waals surface area contributed by atoms with Gasteiger partial charge in [-0.05, 0) is 48.0 Å². The highest BCUT2D eigenvalue weighted by molar-refractivity contribution is 7.18. The second-order valence-electron chi connectivity index (χ2n) is 6.07. The number of benzene rings is 2. The molecule has 0 saturated carbocycles. The van der Waals surface area contributed by atoms with Crippen LogP contribution in [0.1, 0.15) is 0 Å². The van der Waals surface area contributed by atoms with Crippen molar-refractivity contribution in [2.24, 2.45) is 0 Å². The van der Waals surface area contributed by atoms with Crippen LogP contribution in [0.25, 0.3) is 31.9 Å². The summed E-state index contributed by atoms with van der Waals surface area (Å²) < 4.78 is 21.4. The molecule has 0 N–H and O–H groups in total. The summed E-state index contributed by atoms with van der Waals surface area (Å²) in [5.41, 5.74) is 2.02. The molecule has 0 saturated heterocycles. The number of hydrogen-bond acceptors (Lipinski definition) is 6. The van der Waals surface area contributed by atoms with Crippen LogP contribution in [0.2, 0.25) is 0 Å². The van der Waals surface area contributed by atoms with Gasteiger partial charge in [-0.1, -0.05) is 0 Å². The lowest BCUT2D eigenvalue weighted by Crippen LogP contribution is -1.97. The van der Waals surface area contributed by atoms with Gasteiger partial charge in [0.1, 0.15) is 11.3 Å². The van der Waals surface area contributed by atoms with Gasteiger partial charge in [-0.3, -0.25) is 0 Å². The van der Waals surface area contributed by atoms with Crippen molar-refractivity contribution in [1.29, 1.82) is 0 Å². The van der Waals surface area contributed by atoms with Gasteiger partial charge in [-0.25, -0.2) is 4.79 Å². The zero-order chi connectivity index (χ0) is 18.4. The predicted octanol–water partition coefficient (Wildman–Crippen LogP) is 4.93. The zero-order valence-electron chi connectivity index (χ0n) is 14.4. The number of fused-ring (bicyclic) bond motifs is 2. The SMILES string of the molecule is COc1ccc2c(-c3ccc(-c4ccc5c(c4)OCO5)s3)cc(=O)oc2c1. The lowest BCUT2D eigenvalue weighted by atomic mass is 10.1. The molecule has 2 aromatic heterocycles. The molecule has 0 spiro atoms. The predicted molar refractivity (Wildman–Crippen MR) is 104 cm³/mol. The average molecular weight is 378 g/mol. The minimum Gasteiger partial charge on any atom is -0.497 e. The minimum atomic E-state index is -0.385. The number of ether oxygens (including phenoxy) is 3. The summed E-state index contributed by atoms with van der Waals surface area (Å²) in [5, 5.41) is 0.870. The number of hydrogen-bond donors (Lipinski definition) is 0. The maximum Gasteiger partial charge on any atom is 0.336 e. The van der Waals surface area contributed by atoms with E-state index in [0.29, 0.717) is 11.3 Å². The maximum atomic E-state index is 12.0. The third-order valence-corrected chi connectivity index (χ3v) is 5.65. The van der Waals surface area contributed by atoms with Crippen molar-refractivity contribution < 1.29 is 18.6 Å². The summed E-state index contributed by atoms with van der Waals surface area (Å²) in [7, 11) is 1.58. The van der Waals surface area contributed by atoms with Gasteiger partial charge >= 0.3 is 5.63 Å².